The van der Waals surface area contributed by atoms with Gasteiger partial charge in [0.05, 0.1) is 17.9 Å². The van der Waals surface area contributed by atoms with Crippen LogP contribution in [0.25, 0.3) is 0 Å². The number of Topliss-reactive ketones (excluding diaryl/α,β-unsaturated/α-hetero) is 1. The zero-order chi connectivity index (χ0) is 19.5. The molecule has 1 aliphatic heterocycles. The van der Waals surface area contributed by atoms with Gasteiger partial charge in [0.2, 0.25) is 11.0 Å². The fraction of sp³-hybridized carbons (Fsp3) is 0.474. The number of aliphatic imine (C=N–C) groups is 1. The van der Waals surface area contributed by atoms with Crippen molar-refractivity contribution >= 4 is 46.2 Å². The van der Waals surface area contributed by atoms with E-state index in [1.165, 1.54) is 11.5 Å². The van der Waals surface area contributed by atoms with Gasteiger partial charge in [0.1, 0.15) is 23.2 Å². The lowest BCUT2D eigenvalue weighted by molar-refractivity contribution is -0.130. The van der Waals surface area contributed by atoms with Gasteiger partial charge in [0, 0.05) is 30.6 Å². The molecule has 28 heavy (non-hydrogen) atoms. The Kier molecular flexibility index (Phi) is 5.43. The Hall–Kier alpha value is -2.68. The Morgan fingerprint density at radius 2 is 2.14 bits per heavy atom. The van der Waals surface area contributed by atoms with E-state index < -0.39 is 5.92 Å². The molecule has 0 bridgehead atoms. The lowest BCUT2D eigenvalue weighted by Crippen LogP contribution is -2.39. The normalized spacial score (nSPS) is 23.5. The molecule has 0 spiro atoms. The number of aromatic nitrogens is 3. The van der Waals surface area contributed by atoms with Gasteiger partial charge in [-0.25, -0.2) is 9.97 Å². The number of nitrogens with zero attached hydrogens (tertiary/aromatic N) is 4. The van der Waals surface area contributed by atoms with Gasteiger partial charge in [-0.15, -0.1) is 0 Å². The van der Waals surface area contributed by atoms with Gasteiger partial charge in [0.15, 0.2) is 0 Å². The molecule has 1 amide bonds. The average Bonchev–Trinajstić information content (AvgIpc) is 3.30. The molecule has 2 N–H and O–H groups in total. The molecule has 0 radical (unpaired) electrons. The molecule has 0 aromatic carbocycles. The van der Waals surface area contributed by atoms with E-state index >= 15 is 0 Å². The average molecular weight is 398 g/mol. The van der Waals surface area contributed by atoms with Crippen LogP contribution < -0.4 is 10.6 Å². The standard InChI is InChI=1S/C19H22N6O2S/c1-2-5-16-24-19(28-25-16)23-15-9-4-8-14(21-15)22-18(27)11-10-20-12-6-3-7-13(26)17(11)12/h4,8-12,17H,2-3,5-7H2,1H3,(H2,21,22,23,24,25,27). The van der Waals surface area contributed by atoms with E-state index in [-0.39, 0.29) is 23.7 Å². The van der Waals surface area contributed by atoms with E-state index in [2.05, 4.69) is 36.9 Å². The maximum Gasteiger partial charge on any atom is 0.234 e. The Balaban J connectivity index is 1.42. The summed E-state index contributed by atoms with van der Waals surface area (Å²) in [6.07, 6.45) is 5.72. The predicted octanol–water partition coefficient (Wildman–Crippen LogP) is 3.01. The van der Waals surface area contributed by atoms with Crippen molar-refractivity contribution in [3.05, 3.63) is 24.0 Å². The minimum atomic E-state index is -0.518. The van der Waals surface area contributed by atoms with Crippen molar-refractivity contribution in [3.8, 4) is 0 Å². The maximum atomic E-state index is 12.7. The Morgan fingerprint density at radius 1 is 1.29 bits per heavy atom. The van der Waals surface area contributed by atoms with Gasteiger partial charge >= 0.3 is 0 Å². The minimum absolute atomic E-state index is 0.0484. The number of anilines is 3. The third-order valence-electron chi connectivity index (χ3n) is 5.01. The third-order valence-corrected chi connectivity index (χ3v) is 5.68. The van der Waals surface area contributed by atoms with Gasteiger partial charge in [0.25, 0.3) is 0 Å². The molecule has 3 atom stereocenters. The molecule has 1 fully saturated rings. The Bertz CT molecular complexity index is 911. The van der Waals surface area contributed by atoms with Gasteiger partial charge in [-0.3, -0.25) is 14.6 Å². The molecule has 2 aliphatic rings. The Morgan fingerprint density at radius 3 is 3.00 bits per heavy atom. The molecule has 0 saturated heterocycles. The first-order valence-corrected chi connectivity index (χ1v) is 10.3. The molecule has 4 rings (SSSR count). The quantitative estimate of drug-likeness (QED) is 0.774. The molecule has 9 heteroatoms. The topological polar surface area (TPSA) is 109 Å². The summed E-state index contributed by atoms with van der Waals surface area (Å²) in [7, 11) is 0. The van der Waals surface area contributed by atoms with Crippen LogP contribution in [-0.2, 0) is 16.0 Å². The molecule has 8 nitrogen and oxygen atoms in total. The first kappa shape index (κ1) is 18.7. The number of carbonyl (C=O) groups excluding carboxylic acids is 2. The first-order chi connectivity index (χ1) is 13.6. The zero-order valence-corrected chi connectivity index (χ0v) is 16.4. The number of hydrogen-bond donors (Lipinski definition) is 2. The number of hydrogen-bond acceptors (Lipinski definition) is 8. The van der Waals surface area contributed by atoms with E-state index in [0.29, 0.717) is 23.2 Å². The molecular formula is C19H22N6O2S. The van der Waals surface area contributed by atoms with E-state index in [4.69, 9.17) is 0 Å². The maximum absolute atomic E-state index is 12.7. The summed E-state index contributed by atoms with van der Waals surface area (Å²) in [5.41, 5.74) is 0. The highest BCUT2D eigenvalue weighted by molar-refractivity contribution is 7.09. The van der Waals surface area contributed by atoms with Crippen LogP contribution in [0.4, 0.5) is 16.8 Å². The third kappa shape index (κ3) is 3.94. The van der Waals surface area contributed by atoms with Gasteiger partial charge in [-0.1, -0.05) is 13.0 Å². The highest BCUT2D eigenvalue weighted by Crippen LogP contribution is 2.34. The van der Waals surface area contributed by atoms with Gasteiger partial charge in [-0.05, 0) is 31.4 Å². The Labute approximate surface area is 167 Å². The SMILES string of the molecule is CCCc1nsc(Nc2cccc(NC(=O)C3C=NC4CCCC(=O)C43)n2)n1. The van der Waals surface area contributed by atoms with Crippen LogP contribution in [0.2, 0.25) is 0 Å². The predicted molar refractivity (Wildman–Crippen MR) is 108 cm³/mol. The van der Waals surface area contributed by atoms with Crippen molar-refractivity contribution in [1.29, 1.82) is 0 Å². The van der Waals surface area contributed by atoms with E-state index in [9.17, 15) is 9.59 Å². The summed E-state index contributed by atoms with van der Waals surface area (Å²) in [4.78, 5) is 38.2. The van der Waals surface area contributed by atoms with E-state index in [0.717, 1.165) is 31.5 Å². The van der Waals surface area contributed by atoms with E-state index in [1.54, 1.807) is 24.4 Å². The summed E-state index contributed by atoms with van der Waals surface area (Å²) in [5, 5.41) is 6.61. The molecule has 146 valence electrons. The molecule has 2 aromatic heterocycles. The van der Waals surface area contributed by atoms with Crippen LogP contribution in [0, 0.1) is 11.8 Å². The van der Waals surface area contributed by atoms with Gasteiger partial charge in [-0.2, -0.15) is 4.37 Å². The lowest BCUT2D eigenvalue weighted by atomic mass is 9.78. The van der Waals surface area contributed by atoms with Crippen LogP contribution in [0.1, 0.15) is 38.4 Å². The van der Waals surface area contributed by atoms with Crippen molar-refractivity contribution in [1.82, 2.24) is 14.3 Å². The highest BCUT2D eigenvalue weighted by Gasteiger charge is 2.43. The number of aryl methyl sites for hydroxylation is 1. The minimum Gasteiger partial charge on any atom is -0.315 e. The largest absolute Gasteiger partial charge is 0.315 e. The van der Waals surface area contributed by atoms with Crippen LogP contribution in [-0.4, -0.2) is 38.3 Å². The van der Waals surface area contributed by atoms with Crippen molar-refractivity contribution in [3.63, 3.8) is 0 Å². The number of carbonyl (C=O) groups is 2. The van der Waals surface area contributed by atoms with Crippen molar-refractivity contribution < 1.29 is 9.59 Å². The summed E-state index contributed by atoms with van der Waals surface area (Å²) in [6, 6.07) is 5.27. The highest BCUT2D eigenvalue weighted by atomic mass is 32.1. The summed E-state index contributed by atoms with van der Waals surface area (Å²) in [5.74, 6) is 0.863. The first-order valence-electron chi connectivity index (χ1n) is 9.57. The monoisotopic (exact) mass is 398 g/mol. The molecule has 1 saturated carbocycles. The van der Waals surface area contributed by atoms with Crippen LogP contribution >= 0.6 is 11.5 Å². The lowest BCUT2D eigenvalue weighted by Gasteiger charge is -2.25. The van der Waals surface area contributed by atoms with Crippen LogP contribution in [0.15, 0.2) is 23.2 Å². The van der Waals surface area contributed by atoms with Crippen LogP contribution in [0.3, 0.4) is 0 Å². The summed E-state index contributed by atoms with van der Waals surface area (Å²) in [6.45, 7) is 2.08. The number of fused-ring (bicyclic) bond motifs is 1. The molecule has 3 unspecified atom stereocenters. The van der Waals surface area contributed by atoms with E-state index in [1.807, 2.05) is 0 Å². The number of amides is 1. The second kappa shape index (κ2) is 8.14. The summed E-state index contributed by atoms with van der Waals surface area (Å²) < 4.78 is 4.29. The number of ketones is 1. The van der Waals surface area contributed by atoms with Crippen molar-refractivity contribution in [2.75, 3.05) is 10.6 Å². The molecule has 2 aromatic rings. The second-order valence-electron chi connectivity index (χ2n) is 7.06. The molecular weight excluding hydrogens is 376 g/mol. The van der Waals surface area contributed by atoms with Crippen molar-refractivity contribution in [2.45, 2.75) is 45.1 Å². The van der Waals surface area contributed by atoms with Gasteiger partial charge < -0.3 is 10.6 Å². The fourth-order valence-electron chi connectivity index (χ4n) is 3.70. The second-order valence-corrected chi connectivity index (χ2v) is 7.82. The number of pyridine rings is 1. The zero-order valence-electron chi connectivity index (χ0n) is 15.6. The van der Waals surface area contributed by atoms with Crippen LogP contribution in [0.5, 0.6) is 0 Å². The number of rotatable bonds is 6. The smallest absolute Gasteiger partial charge is 0.234 e. The number of nitrogens with one attached hydrogen (secondary N) is 2. The van der Waals surface area contributed by atoms with Crippen molar-refractivity contribution in [2.24, 2.45) is 16.8 Å². The summed E-state index contributed by atoms with van der Waals surface area (Å²) >= 11 is 1.28. The fourth-order valence-corrected chi connectivity index (χ4v) is 4.32. The molecule has 1 aliphatic carbocycles. The molecule has 3 heterocycles.